The molecule has 4 aromatic rings. The Bertz CT molecular complexity index is 1150. The van der Waals surface area contributed by atoms with Crippen molar-refractivity contribution in [3.63, 3.8) is 0 Å². The van der Waals surface area contributed by atoms with Gasteiger partial charge in [0.05, 0.1) is 12.2 Å². The summed E-state index contributed by atoms with van der Waals surface area (Å²) >= 11 is 0. The molecule has 146 valence electrons. The molecule has 0 fully saturated rings. The van der Waals surface area contributed by atoms with Gasteiger partial charge in [-0.3, -0.25) is 4.68 Å². The van der Waals surface area contributed by atoms with Gasteiger partial charge in [-0.25, -0.2) is 4.98 Å². The highest BCUT2D eigenvalue weighted by molar-refractivity contribution is 5.72. The number of aromatic nitrogens is 5. The molecule has 7 heteroatoms. The number of aryl methyl sites for hydroxylation is 3. The van der Waals surface area contributed by atoms with Crippen molar-refractivity contribution in [2.24, 2.45) is 0 Å². The molecular weight excluding hydrogens is 366 g/mol. The summed E-state index contributed by atoms with van der Waals surface area (Å²) in [6, 6.07) is 14.5. The van der Waals surface area contributed by atoms with Gasteiger partial charge >= 0.3 is 0 Å². The maximum Gasteiger partial charge on any atom is 0.161 e. The lowest BCUT2D eigenvalue weighted by Gasteiger charge is -2.19. The average Bonchev–Trinajstić information content (AvgIpc) is 3.40. The second-order valence-electron chi connectivity index (χ2n) is 7.01. The van der Waals surface area contributed by atoms with Crippen molar-refractivity contribution < 1.29 is 9.47 Å². The van der Waals surface area contributed by atoms with Crippen LogP contribution in [0.15, 0.2) is 61.1 Å². The first-order valence-corrected chi connectivity index (χ1v) is 9.64. The molecule has 0 radical (unpaired) electrons. The molecule has 0 saturated carbocycles. The minimum Gasteiger partial charge on any atom is -0.486 e. The fourth-order valence-corrected chi connectivity index (χ4v) is 3.53. The van der Waals surface area contributed by atoms with E-state index in [1.807, 2.05) is 42.3 Å². The van der Waals surface area contributed by atoms with Gasteiger partial charge in [-0.1, -0.05) is 29.5 Å². The summed E-state index contributed by atoms with van der Waals surface area (Å²) in [5.41, 5.74) is 4.19. The van der Waals surface area contributed by atoms with Crippen LogP contribution in [0.2, 0.25) is 0 Å². The maximum atomic E-state index is 5.73. The van der Waals surface area contributed by atoms with Crippen LogP contribution < -0.4 is 9.47 Å². The summed E-state index contributed by atoms with van der Waals surface area (Å²) in [4.78, 5) is 4.58. The summed E-state index contributed by atoms with van der Waals surface area (Å²) in [6.45, 7) is 4.63. The highest BCUT2D eigenvalue weighted by Crippen LogP contribution is 2.35. The summed E-state index contributed by atoms with van der Waals surface area (Å²) in [7, 11) is 0. The topological polar surface area (TPSA) is 67.0 Å². The summed E-state index contributed by atoms with van der Waals surface area (Å²) in [6.07, 6.45) is 5.77. The molecule has 3 heterocycles. The van der Waals surface area contributed by atoms with Gasteiger partial charge < -0.3 is 14.0 Å². The first-order chi connectivity index (χ1) is 14.3. The van der Waals surface area contributed by atoms with Gasteiger partial charge in [-0.15, -0.1) is 5.10 Å². The zero-order valence-corrected chi connectivity index (χ0v) is 16.2. The van der Waals surface area contributed by atoms with Gasteiger partial charge in [-0.05, 0) is 36.2 Å². The summed E-state index contributed by atoms with van der Waals surface area (Å²) in [5.74, 6) is 2.53. The van der Waals surface area contributed by atoms with E-state index in [1.54, 1.807) is 0 Å². The van der Waals surface area contributed by atoms with Gasteiger partial charge in [0.25, 0.3) is 0 Å². The Labute approximate surface area is 168 Å². The lowest BCUT2D eigenvalue weighted by molar-refractivity contribution is 0.171. The summed E-state index contributed by atoms with van der Waals surface area (Å²) in [5, 5.41) is 8.16. The van der Waals surface area contributed by atoms with Crippen LogP contribution >= 0.6 is 0 Å². The monoisotopic (exact) mass is 387 g/mol. The third-order valence-electron chi connectivity index (χ3n) is 4.93. The summed E-state index contributed by atoms with van der Waals surface area (Å²) < 4.78 is 15.3. The van der Waals surface area contributed by atoms with Crippen molar-refractivity contribution in [2.45, 2.75) is 20.0 Å². The Morgan fingerprint density at radius 3 is 2.62 bits per heavy atom. The zero-order valence-electron chi connectivity index (χ0n) is 16.2. The molecule has 1 aliphatic rings. The molecule has 0 unspecified atom stereocenters. The van der Waals surface area contributed by atoms with Crippen LogP contribution in [0.3, 0.4) is 0 Å². The van der Waals surface area contributed by atoms with Crippen molar-refractivity contribution in [3.8, 4) is 34.0 Å². The number of nitrogens with zero attached hydrogens (tertiary/aromatic N) is 5. The second-order valence-corrected chi connectivity index (χ2v) is 7.01. The first-order valence-electron chi connectivity index (χ1n) is 9.64. The van der Waals surface area contributed by atoms with Crippen LogP contribution in [0, 0.1) is 6.92 Å². The van der Waals surface area contributed by atoms with E-state index in [0.29, 0.717) is 13.2 Å². The molecular formula is C22H21N5O2. The Balaban J connectivity index is 1.41. The fraction of sp³-hybridized carbons (Fsp3) is 0.227. The van der Waals surface area contributed by atoms with Crippen LogP contribution in [0.25, 0.3) is 22.5 Å². The van der Waals surface area contributed by atoms with Crippen molar-refractivity contribution in [1.29, 1.82) is 0 Å². The molecule has 7 nitrogen and oxygen atoms in total. The minimum atomic E-state index is 0.583. The molecule has 0 N–H and O–H groups in total. The third-order valence-corrected chi connectivity index (χ3v) is 4.93. The van der Waals surface area contributed by atoms with Crippen LogP contribution in [0.4, 0.5) is 0 Å². The molecule has 0 amide bonds. The normalized spacial score (nSPS) is 12.9. The third kappa shape index (κ3) is 3.59. The Hall–Kier alpha value is -3.61. The fourth-order valence-electron chi connectivity index (χ4n) is 3.53. The Morgan fingerprint density at radius 1 is 0.931 bits per heavy atom. The highest BCUT2D eigenvalue weighted by atomic mass is 16.6. The number of imidazole rings is 1. The molecule has 0 spiro atoms. The first kappa shape index (κ1) is 17.5. The van der Waals surface area contributed by atoms with E-state index in [-0.39, 0.29) is 0 Å². The van der Waals surface area contributed by atoms with Crippen molar-refractivity contribution in [3.05, 3.63) is 66.7 Å². The number of ether oxygens (including phenoxy) is 2. The lowest BCUT2D eigenvalue weighted by atomic mass is 10.0. The van der Waals surface area contributed by atoms with Crippen LogP contribution in [-0.4, -0.2) is 37.8 Å². The van der Waals surface area contributed by atoms with E-state index >= 15 is 0 Å². The quantitative estimate of drug-likeness (QED) is 0.524. The lowest BCUT2D eigenvalue weighted by Crippen LogP contribution is -2.15. The van der Waals surface area contributed by atoms with E-state index in [2.05, 4.69) is 50.2 Å². The predicted molar refractivity (Wildman–Crippen MR) is 109 cm³/mol. The molecule has 0 atom stereocenters. The van der Waals surface area contributed by atoms with E-state index in [0.717, 1.165) is 52.8 Å². The predicted octanol–water partition coefficient (Wildman–Crippen LogP) is 3.59. The molecule has 0 bridgehead atoms. The number of hydrogen-bond donors (Lipinski definition) is 0. The van der Waals surface area contributed by atoms with Crippen molar-refractivity contribution in [2.75, 3.05) is 13.2 Å². The largest absolute Gasteiger partial charge is 0.486 e. The number of benzene rings is 2. The van der Waals surface area contributed by atoms with Crippen LogP contribution in [-0.2, 0) is 13.1 Å². The van der Waals surface area contributed by atoms with Gasteiger partial charge in [-0.2, -0.15) is 0 Å². The maximum absolute atomic E-state index is 5.73. The van der Waals surface area contributed by atoms with E-state index in [1.165, 1.54) is 0 Å². The Morgan fingerprint density at radius 2 is 1.76 bits per heavy atom. The molecule has 0 saturated heterocycles. The molecule has 5 rings (SSSR count). The average molecular weight is 387 g/mol. The molecule has 1 aliphatic heterocycles. The van der Waals surface area contributed by atoms with Gasteiger partial charge in [0, 0.05) is 30.7 Å². The number of hydrogen-bond acceptors (Lipinski definition) is 5. The zero-order chi connectivity index (χ0) is 19.6. The highest BCUT2D eigenvalue weighted by Gasteiger charge is 2.13. The molecule has 0 aliphatic carbocycles. The van der Waals surface area contributed by atoms with E-state index in [4.69, 9.17) is 9.47 Å². The van der Waals surface area contributed by atoms with Crippen LogP contribution in [0.1, 0.15) is 5.69 Å². The van der Waals surface area contributed by atoms with E-state index in [9.17, 15) is 0 Å². The minimum absolute atomic E-state index is 0.583. The van der Waals surface area contributed by atoms with Crippen molar-refractivity contribution in [1.82, 2.24) is 24.5 Å². The van der Waals surface area contributed by atoms with Gasteiger partial charge in [0.2, 0.25) is 0 Å². The van der Waals surface area contributed by atoms with Gasteiger partial charge in [0.1, 0.15) is 19.0 Å². The van der Waals surface area contributed by atoms with E-state index < -0.39 is 0 Å². The van der Waals surface area contributed by atoms with Crippen LogP contribution in [0.5, 0.6) is 11.5 Å². The standard InChI is InChI=1S/C22H21N5O2/c1-16-15-27(25-24-16)10-9-26-8-7-23-22(26)19-4-2-3-17(13-19)18-5-6-20-21(14-18)29-12-11-28-20/h2-8,13-15H,9-12H2,1H3. The van der Waals surface area contributed by atoms with Gasteiger partial charge in [0.15, 0.2) is 11.5 Å². The smallest absolute Gasteiger partial charge is 0.161 e. The molecule has 29 heavy (non-hydrogen) atoms. The molecule has 2 aromatic carbocycles. The Kier molecular flexibility index (Phi) is 4.48. The molecule has 2 aromatic heterocycles. The SMILES string of the molecule is Cc1cn(CCn2ccnc2-c2cccc(-c3ccc4c(c3)OCCO4)c2)nn1. The number of rotatable bonds is 5. The van der Waals surface area contributed by atoms with Crippen molar-refractivity contribution >= 4 is 0 Å². The number of fused-ring (bicyclic) bond motifs is 1. The second kappa shape index (κ2) is 7.43.